The minimum absolute atomic E-state index is 0.0368. The maximum Gasteiger partial charge on any atom is 0.256 e. The van der Waals surface area contributed by atoms with E-state index in [9.17, 15) is 9.18 Å². The molecule has 2 aliphatic rings. The number of likely N-dealkylation sites (tertiary alicyclic amines) is 1. The number of para-hydroxylation sites is 1. The number of rotatable bonds is 4. The molecule has 1 spiro atoms. The molecule has 0 atom stereocenters. The molecular weight excluding hydrogens is 455 g/mol. The fourth-order valence-corrected chi connectivity index (χ4v) is 5.97. The Hall–Kier alpha value is -3.64. The second kappa shape index (κ2) is 8.79. The lowest BCUT2D eigenvalue weighted by atomic mass is 9.83. The first-order valence-corrected chi connectivity index (χ1v) is 12.4. The van der Waals surface area contributed by atoms with E-state index in [1.807, 2.05) is 36.1 Å². The summed E-state index contributed by atoms with van der Waals surface area (Å²) in [5.74, 6) is 0.351. The van der Waals surface area contributed by atoms with Gasteiger partial charge in [0.25, 0.3) is 5.91 Å². The summed E-state index contributed by atoms with van der Waals surface area (Å²) in [6.45, 7) is 4.31. The Morgan fingerprint density at radius 1 is 1.06 bits per heavy atom. The van der Waals surface area contributed by atoms with E-state index in [1.165, 1.54) is 23.3 Å². The lowest BCUT2D eigenvalue weighted by Gasteiger charge is -2.39. The predicted octanol–water partition coefficient (Wildman–Crippen LogP) is 5.81. The van der Waals surface area contributed by atoms with Crippen LogP contribution >= 0.6 is 0 Å². The van der Waals surface area contributed by atoms with Gasteiger partial charge in [-0.15, -0.1) is 0 Å². The molecule has 1 amide bonds. The number of piperidine rings is 1. The Bertz CT molecular complexity index is 1470. The summed E-state index contributed by atoms with van der Waals surface area (Å²) in [6.07, 6.45) is 1.57. The smallest absolute Gasteiger partial charge is 0.256 e. The number of methoxy groups -OCH3 is 1. The van der Waals surface area contributed by atoms with Gasteiger partial charge in [0, 0.05) is 35.2 Å². The number of aromatic nitrogens is 1. The van der Waals surface area contributed by atoms with Crippen molar-refractivity contribution in [3.63, 3.8) is 0 Å². The van der Waals surface area contributed by atoms with Crippen molar-refractivity contribution in [1.82, 2.24) is 9.47 Å². The van der Waals surface area contributed by atoms with Gasteiger partial charge in [-0.2, -0.15) is 0 Å². The highest BCUT2D eigenvalue weighted by molar-refractivity contribution is 6.08. The molecule has 1 aromatic heterocycles. The molecular formula is C30H29FN2O3. The van der Waals surface area contributed by atoms with Gasteiger partial charge in [0.05, 0.1) is 31.4 Å². The molecule has 1 fully saturated rings. The Morgan fingerprint density at radius 3 is 2.61 bits per heavy atom. The van der Waals surface area contributed by atoms with Gasteiger partial charge in [0.2, 0.25) is 0 Å². The summed E-state index contributed by atoms with van der Waals surface area (Å²) in [5.41, 5.74) is 5.51. The van der Waals surface area contributed by atoms with Crippen molar-refractivity contribution >= 4 is 16.8 Å². The molecule has 0 aliphatic carbocycles. The fourth-order valence-electron chi connectivity index (χ4n) is 5.97. The van der Waals surface area contributed by atoms with E-state index < -0.39 is 0 Å². The molecule has 0 unspecified atom stereocenters. The molecule has 2 aliphatic heterocycles. The molecule has 6 rings (SSSR count). The van der Waals surface area contributed by atoms with Crippen LogP contribution in [-0.4, -0.2) is 35.6 Å². The Balaban J connectivity index is 1.31. The molecule has 0 N–H and O–H groups in total. The summed E-state index contributed by atoms with van der Waals surface area (Å²) in [6, 6.07) is 20.9. The van der Waals surface area contributed by atoms with Gasteiger partial charge in [-0.05, 0) is 55.2 Å². The van der Waals surface area contributed by atoms with Crippen LogP contribution in [0.5, 0.6) is 5.75 Å². The molecule has 0 bridgehead atoms. The summed E-state index contributed by atoms with van der Waals surface area (Å²) >= 11 is 0. The molecule has 6 heteroatoms. The number of carbonyl (C=O) groups excluding carboxylic acids is 1. The number of halogens is 1. The van der Waals surface area contributed by atoms with Gasteiger partial charge in [0.1, 0.15) is 11.6 Å². The zero-order valence-electron chi connectivity index (χ0n) is 20.6. The third kappa shape index (κ3) is 3.59. The van der Waals surface area contributed by atoms with E-state index in [-0.39, 0.29) is 17.3 Å². The van der Waals surface area contributed by atoms with Crippen molar-refractivity contribution < 1.29 is 18.7 Å². The minimum atomic E-state index is -0.311. The van der Waals surface area contributed by atoms with E-state index in [1.54, 1.807) is 13.2 Å². The Kier molecular flexibility index (Phi) is 5.56. The highest BCUT2D eigenvalue weighted by Gasteiger charge is 2.43. The molecule has 0 saturated carbocycles. The summed E-state index contributed by atoms with van der Waals surface area (Å²) in [4.78, 5) is 15.9. The van der Waals surface area contributed by atoms with Crippen molar-refractivity contribution in [2.45, 2.75) is 38.5 Å². The molecule has 3 aromatic carbocycles. The van der Waals surface area contributed by atoms with E-state index in [4.69, 9.17) is 9.47 Å². The highest BCUT2D eigenvalue weighted by atomic mass is 19.1. The second-order valence-corrected chi connectivity index (χ2v) is 9.75. The van der Waals surface area contributed by atoms with Crippen LogP contribution in [0.15, 0.2) is 66.7 Å². The number of nitrogens with zero attached hydrogens (tertiary/aromatic N) is 2. The van der Waals surface area contributed by atoms with E-state index >= 15 is 0 Å². The summed E-state index contributed by atoms with van der Waals surface area (Å²) < 4.78 is 27.9. The van der Waals surface area contributed by atoms with Crippen LogP contribution in [-0.2, 0) is 23.5 Å². The molecule has 3 heterocycles. The van der Waals surface area contributed by atoms with Crippen molar-refractivity contribution in [3.8, 4) is 5.75 Å². The zero-order valence-corrected chi connectivity index (χ0v) is 20.6. The molecule has 184 valence electrons. The van der Waals surface area contributed by atoms with E-state index in [2.05, 4.69) is 28.8 Å². The quantitative estimate of drug-likeness (QED) is 0.367. The van der Waals surface area contributed by atoms with Crippen LogP contribution in [0.1, 0.15) is 45.6 Å². The normalized spacial score (nSPS) is 16.5. The zero-order chi connectivity index (χ0) is 24.9. The topological polar surface area (TPSA) is 43.7 Å². The van der Waals surface area contributed by atoms with Crippen LogP contribution in [0.3, 0.4) is 0 Å². The van der Waals surface area contributed by atoms with Gasteiger partial charge < -0.3 is 18.9 Å². The molecule has 36 heavy (non-hydrogen) atoms. The van der Waals surface area contributed by atoms with Gasteiger partial charge in [-0.3, -0.25) is 4.79 Å². The number of carbonyl (C=O) groups is 1. The minimum Gasteiger partial charge on any atom is -0.496 e. The van der Waals surface area contributed by atoms with Crippen LogP contribution < -0.4 is 4.74 Å². The average molecular weight is 485 g/mol. The number of fused-ring (bicyclic) bond motifs is 3. The number of amides is 1. The van der Waals surface area contributed by atoms with Gasteiger partial charge in [-0.25, -0.2) is 4.39 Å². The first-order chi connectivity index (χ1) is 17.5. The summed E-state index contributed by atoms with van der Waals surface area (Å²) in [7, 11) is 1.59. The second-order valence-electron chi connectivity index (χ2n) is 9.75. The predicted molar refractivity (Wildman–Crippen MR) is 137 cm³/mol. The first kappa shape index (κ1) is 22.8. The number of benzene rings is 3. The third-order valence-corrected chi connectivity index (χ3v) is 7.89. The highest BCUT2D eigenvalue weighted by Crippen LogP contribution is 2.44. The van der Waals surface area contributed by atoms with Gasteiger partial charge >= 0.3 is 0 Å². The van der Waals surface area contributed by atoms with Crippen molar-refractivity contribution in [2.75, 3.05) is 20.2 Å². The first-order valence-electron chi connectivity index (χ1n) is 12.4. The number of ether oxygens (including phenoxy) is 2. The van der Waals surface area contributed by atoms with Gasteiger partial charge in [-0.1, -0.05) is 42.5 Å². The molecule has 1 saturated heterocycles. The monoisotopic (exact) mass is 484 g/mol. The maximum atomic E-state index is 14.1. The maximum absolute atomic E-state index is 14.1. The lowest BCUT2D eigenvalue weighted by Crippen LogP contribution is -2.45. The van der Waals surface area contributed by atoms with Crippen molar-refractivity contribution in [3.05, 3.63) is 100 Å². The Labute approximate surface area is 210 Å². The fraction of sp³-hybridized carbons (Fsp3) is 0.300. The van der Waals surface area contributed by atoms with Crippen LogP contribution in [0.25, 0.3) is 10.9 Å². The average Bonchev–Trinajstić information content (AvgIpc) is 3.39. The van der Waals surface area contributed by atoms with Crippen LogP contribution in [0, 0.1) is 12.7 Å². The summed E-state index contributed by atoms with van der Waals surface area (Å²) in [5, 5.41) is 0.915. The molecule has 0 radical (unpaired) electrons. The van der Waals surface area contributed by atoms with Crippen LogP contribution in [0.4, 0.5) is 4.39 Å². The molecule has 4 aromatic rings. The van der Waals surface area contributed by atoms with Gasteiger partial charge in [0.15, 0.2) is 0 Å². The SMILES string of the molecule is COc1ccc(F)cc1Cn1c(C)c(C(=O)N2CCC3(CC2)OCc2ccccc23)c2ccccc21. The van der Waals surface area contributed by atoms with E-state index in [0.29, 0.717) is 37.6 Å². The van der Waals surface area contributed by atoms with Crippen molar-refractivity contribution in [2.24, 2.45) is 0 Å². The number of hydrogen-bond acceptors (Lipinski definition) is 3. The van der Waals surface area contributed by atoms with E-state index in [0.717, 1.165) is 35.0 Å². The van der Waals surface area contributed by atoms with Crippen LogP contribution in [0.2, 0.25) is 0 Å². The number of hydrogen-bond donors (Lipinski definition) is 0. The third-order valence-electron chi connectivity index (χ3n) is 7.89. The molecule has 5 nitrogen and oxygen atoms in total. The largest absolute Gasteiger partial charge is 0.496 e. The van der Waals surface area contributed by atoms with Crippen molar-refractivity contribution in [1.29, 1.82) is 0 Å². The lowest BCUT2D eigenvalue weighted by molar-refractivity contribution is -0.0741. The Morgan fingerprint density at radius 2 is 1.81 bits per heavy atom. The standard InChI is InChI=1S/C30H29FN2O3/c1-20-28(29(34)32-15-13-30(14-16-32)25-9-5-3-7-21(25)19-36-30)24-8-4-6-10-26(24)33(20)18-22-17-23(31)11-12-27(22)35-2/h3-12,17H,13-16,18-19H2,1-2H3.